The van der Waals surface area contributed by atoms with E-state index in [1.54, 1.807) is 0 Å². The summed E-state index contributed by atoms with van der Waals surface area (Å²) >= 11 is 0. The molecule has 0 aliphatic heterocycles. The Bertz CT molecular complexity index is 298. The largest absolute Gasteiger partial charge is 0.481 e. The van der Waals surface area contributed by atoms with E-state index in [9.17, 15) is 9.59 Å². The number of hydrogen-bond acceptors (Lipinski definition) is 3. The third-order valence-corrected chi connectivity index (χ3v) is 3.25. The quantitative estimate of drug-likeness (QED) is 0.644. The first-order chi connectivity index (χ1) is 7.84. The van der Waals surface area contributed by atoms with Gasteiger partial charge in [0.1, 0.15) is 0 Å². The zero-order chi connectivity index (χ0) is 13.1. The molecule has 1 aliphatic carbocycles. The van der Waals surface area contributed by atoms with E-state index >= 15 is 0 Å². The Kier molecular flexibility index (Phi) is 4.51. The van der Waals surface area contributed by atoms with E-state index in [4.69, 9.17) is 10.8 Å². The molecule has 0 aromatic heterocycles. The van der Waals surface area contributed by atoms with E-state index in [1.807, 2.05) is 13.8 Å². The molecule has 0 saturated heterocycles. The molecule has 1 saturated carbocycles. The minimum absolute atomic E-state index is 0.00681. The number of carbonyl (C=O) groups is 2. The second-order valence-electron chi connectivity index (χ2n) is 5.43. The van der Waals surface area contributed by atoms with E-state index in [2.05, 4.69) is 5.32 Å². The topological polar surface area (TPSA) is 92.4 Å². The number of nitrogens with one attached hydrogen (secondary N) is 1. The number of rotatable bonds is 6. The Hall–Kier alpha value is -1.10. The molecule has 0 bridgehead atoms. The van der Waals surface area contributed by atoms with Crippen LogP contribution in [-0.2, 0) is 9.59 Å². The second kappa shape index (κ2) is 5.49. The van der Waals surface area contributed by atoms with Gasteiger partial charge in [0.25, 0.3) is 0 Å². The summed E-state index contributed by atoms with van der Waals surface area (Å²) in [5.74, 6) is -0.741. The Balaban J connectivity index is 2.50. The highest BCUT2D eigenvalue weighted by Gasteiger charge is 2.41. The van der Waals surface area contributed by atoms with E-state index in [1.165, 1.54) is 0 Å². The Labute approximate surface area is 102 Å². The molecule has 1 amide bonds. The molecule has 0 aromatic rings. The molecule has 1 rings (SSSR count). The van der Waals surface area contributed by atoms with Crippen LogP contribution in [0.25, 0.3) is 0 Å². The average Bonchev–Trinajstić information content (AvgIpc) is 2.12. The summed E-state index contributed by atoms with van der Waals surface area (Å²) in [7, 11) is 0. The summed E-state index contributed by atoms with van der Waals surface area (Å²) in [6.07, 6.45) is 3.05. The molecule has 1 unspecified atom stereocenters. The van der Waals surface area contributed by atoms with Crippen molar-refractivity contribution >= 4 is 11.9 Å². The predicted molar refractivity (Wildman–Crippen MR) is 64.4 cm³/mol. The van der Waals surface area contributed by atoms with Crippen LogP contribution in [0.5, 0.6) is 0 Å². The first-order valence-electron chi connectivity index (χ1n) is 6.14. The summed E-state index contributed by atoms with van der Waals surface area (Å²) in [4.78, 5) is 22.6. The smallest absolute Gasteiger partial charge is 0.305 e. The fraction of sp³-hybridized carbons (Fsp3) is 0.833. The van der Waals surface area contributed by atoms with Crippen molar-refractivity contribution in [2.75, 3.05) is 0 Å². The van der Waals surface area contributed by atoms with Gasteiger partial charge in [0.15, 0.2) is 0 Å². The van der Waals surface area contributed by atoms with Crippen molar-refractivity contribution in [2.45, 2.75) is 57.5 Å². The van der Waals surface area contributed by atoms with Crippen molar-refractivity contribution in [1.29, 1.82) is 0 Å². The predicted octanol–water partition coefficient (Wildman–Crippen LogP) is 0.873. The van der Waals surface area contributed by atoms with Crippen molar-refractivity contribution in [3.8, 4) is 0 Å². The van der Waals surface area contributed by atoms with Gasteiger partial charge in [0, 0.05) is 0 Å². The molecule has 0 radical (unpaired) electrons. The zero-order valence-electron chi connectivity index (χ0n) is 10.5. The van der Waals surface area contributed by atoms with Crippen molar-refractivity contribution in [1.82, 2.24) is 5.32 Å². The number of nitrogens with two attached hydrogens (primary N) is 1. The Morgan fingerprint density at radius 3 is 2.35 bits per heavy atom. The molecule has 0 aromatic carbocycles. The number of carbonyl (C=O) groups excluding carboxylic acids is 1. The van der Waals surface area contributed by atoms with Crippen molar-refractivity contribution in [3.05, 3.63) is 0 Å². The van der Waals surface area contributed by atoms with Crippen LogP contribution in [-0.4, -0.2) is 28.6 Å². The van der Waals surface area contributed by atoms with E-state index < -0.39 is 17.6 Å². The Morgan fingerprint density at radius 1 is 1.41 bits per heavy atom. The molecule has 17 heavy (non-hydrogen) atoms. The van der Waals surface area contributed by atoms with Crippen molar-refractivity contribution in [2.24, 2.45) is 11.7 Å². The standard InChI is InChI=1S/C12H22N2O3/c1-8(2)6-9(13)11(17)14-12(4-3-5-12)7-10(15)16/h8-9H,3-7,13H2,1-2H3,(H,14,17)(H,15,16). The maximum atomic E-state index is 11.8. The van der Waals surface area contributed by atoms with Gasteiger partial charge in [-0.2, -0.15) is 0 Å². The van der Waals surface area contributed by atoms with E-state index in [-0.39, 0.29) is 12.3 Å². The highest BCUT2D eigenvalue weighted by molar-refractivity contribution is 5.83. The lowest BCUT2D eigenvalue weighted by Crippen LogP contribution is -2.58. The van der Waals surface area contributed by atoms with Crippen molar-refractivity contribution in [3.63, 3.8) is 0 Å². The minimum atomic E-state index is -0.873. The lowest BCUT2D eigenvalue weighted by molar-refractivity contribution is -0.140. The van der Waals surface area contributed by atoms with Crippen LogP contribution >= 0.6 is 0 Å². The number of hydrogen-bond donors (Lipinski definition) is 3. The summed E-state index contributed by atoms with van der Waals surface area (Å²) in [5, 5.41) is 11.7. The summed E-state index contributed by atoms with van der Waals surface area (Å²) in [6, 6.07) is -0.540. The van der Waals surface area contributed by atoms with Crippen LogP contribution in [0.1, 0.15) is 46.0 Å². The van der Waals surface area contributed by atoms with Gasteiger partial charge in [-0.05, 0) is 31.6 Å². The third-order valence-electron chi connectivity index (χ3n) is 3.25. The highest BCUT2D eigenvalue weighted by atomic mass is 16.4. The molecule has 5 nitrogen and oxygen atoms in total. The average molecular weight is 242 g/mol. The lowest BCUT2D eigenvalue weighted by Gasteiger charge is -2.42. The molecule has 0 spiro atoms. The van der Waals surface area contributed by atoms with Gasteiger partial charge in [-0.15, -0.1) is 0 Å². The zero-order valence-corrected chi connectivity index (χ0v) is 10.5. The van der Waals surface area contributed by atoms with Gasteiger partial charge in [0.2, 0.25) is 5.91 Å². The molecule has 1 fully saturated rings. The minimum Gasteiger partial charge on any atom is -0.481 e. The van der Waals surface area contributed by atoms with Crippen LogP contribution in [0.15, 0.2) is 0 Å². The number of amides is 1. The molecule has 4 N–H and O–H groups in total. The van der Waals surface area contributed by atoms with E-state index in [0.29, 0.717) is 12.3 Å². The molecular weight excluding hydrogens is 220 g/mol. The maximum Gasteiger partial charge on any atom is 0.305 e. The third kappa shape index (κ3) is 4.00. The van der Waals surface area contributed by atoms with Crippen LogP contribution in [0.3, 0.4) is 0 Å². The van der Waals surface area contributed by atoms with Gasteiger partial charge in [-0.3, -0.25) is 9.59 Å². The fourth-order valence-electron chi connectivity index (χ4n) is 2.21. The number of carboxylic acids is 1. The number of aliphatic carboxylic acids is 1. The Morgan fingerprint density at radius 2 is 2.00 bits per heavy atom. The van der Waals surface area contributed by atoms with Gasteiger partial charge in [-0.1, -0.05) is 13.8 Å². The van der Waals surface area contributed by atoms with Crippen LogP contribution < -0.4 is 11.1 Å². The molecule has 5 heteroatoms. The first kappa shape index (κ1) is 14.0. The molecular formula is C12H22N2O3. The maximum absolute atomic E-state index is 11.8. The van der Waals surface area contributed by atoms with Gasteiger partial charge < -0.3 is 16.2 Å². The normalized spacial score (nSPS) is 19.5. The van der Waals surface area contributed by atoms with Crippen LogP contribution in [0.2, 0.25) is 0 Å². The SMILES string of the molecule is CC(C)CC(N)C(=O)NC1(CC(=O)O)CCC1. The van der Waals surface area contributed by atoms with E-state index in [0.717, 1.165) is 19.3 Å². The summed E-state index contributed by atoms with van der Waals surface area (Å²) < 4.78 is 0. The highest BCUT2D eigenvalue weighted by Crippen LogP contribution is 2.35. The molecule has 1 atom stereocenters. The monoisotopic (exact) mass is 242 g/mol. The van der Waals surface area contributed by atoms with Gasteiger partial charge in [0.05, 0.1) is 18.0 Å². The van der Waals surface area contributed by atoms with Crippen molar-refractivity contribution < 1.29 is 14.7 Å². The first-order valence-corrected chi connectivity index (χ1v) is 6.14. The van der Waals surface area contributed by atoms with Gasteiger partial charge in [-0.25, -0.2) is 0 Å². The summed E-state index contributed by atoms with van der Waals surface area (Å²) in [6.45, 7) is 4.01. The molecule has 1 aliphatic rings. The number of carboxylic acid groups (broad SMARTS) is 1. The second-order valence-corrected chi connectivity index (χ2v) is 5.43. The van der Waals surface area contributed by atoms with Crippen LogP contribution in [0, 0.1) is 5.92 Å². The summed E-state index contributed by atoms with van der Waals surface area (Å²) in [5.41, 5.74) is 5.23. The molecule has 98 valence electrons. The molecule has 0 heterocycles. The van der Waals surface area contributed by atoms with Crippen LogP contribution in [0.4, 0.5) is 0 Å². The lowest BCUT2D eigenvalue weighted by atomic mass is 9.74. The fourth-order valence-corrected chi connectivity index (χ4v) is 2.21. The van der Waals surface area contributed by atoms with Gasteiger partial charge >= 0.3 is 5.97 Å².